The van der Waals surface area contributed by atoms with Crippen LogP contribution in [0.15, 0.2) is 126 Å². The van der Waals surface area contributed by atoms with Crippen LogP contribution in [-0.4, -0.2) is 21.7 Å². The van der Waals surface area contributed by atoms with E-state index in [0.717, 1.165) is 38.7 Å². The summed E-state index contributed by atoms with van der Waals surface area (Å²) in [7, 11) is -1.61. The average molecular weight is 569 g/mol. The molecule has 0 atom stereocenters. The molecule has 0 aliphatic heterocycles. The summed E-state index contributed by atoms with van der Waals surface area (Å²) in [5.74, 6) is 0. The minimum absolute atomic E-state index is 0.103. The number of hydrogen-bond donors (Lipinski definition) is 2. The van der Waals surface area contributed by atoms with Crippen molar-refractivity contribution < 1.29 is 14.5 Å². The number of furan rings is 1. The van der Waals surface area contributed by atoms with Crippen molar-refractivity contribution in [2.45, 2.75) is 19.3 Å². The Morgan fingerprint density at radius 2 is 1.27 bits per heavy atom. The van der Waals surface area contributed by atoms with E-state index in [-0.39, 0.29) is 5.41 Å². The number of para-hydroxylation sites is 3. The highest BCUT2D eigenvalue weighted by atomic mass is 16.4. The van der Waals surface area contributed by atoms with E-state index in [2.05, 4.69) is 109 Å². The summed E-state index contributed by atoms with van der Waals surface area (Å²) >= 11 is 0. The summed E-state index contributed by atoms with van der Waals surface area (Å²) in [5, 5.41) is 24.2. The maximum Gasteiger partial charge on any atom is 0.492 e. The Labute approximate surface area is 254 Å². The van der Waals surface area contributed by atoms with Crippen molar-refractivity contribution in [2.75, 3.05) is 0 Å². The zero-order valence-corrected chi connectivity index (χ0v) is 24.4. The van der Waals surface area contributed by atoms with Gasteiger partial charge in [-0.2, -0.15) is 0 Å². The maximum absolute atomic E-state index is 10.0. The van der Waals surface area contributed by atoms with E-state index < -0.39 is 7.12 Å². The summed E-state index contributed by atoms with van der Waals surface area (Å²) in [6.07, 6.45) is 0. The van der Waals surface area contributed by atoms with Gasteiger partial charge in [0.15, 0.2) is 0 Å². The lowest BCUT2D eigenvalue weighted by Gasteiger charge is -2.21. The normalized spacial score (nSPS) is 13.6. The Kier molecular flexibility index (Phi) is 5.17. The number of fused-ring (bicyclic) bond motifs is 9. The number of nitrogens with zero attached hydrogens (tertiary/aromatic N) is 1. The Morgan fingerprint density at radius 3 is 2.09 bits per heavy atom. The van der Waals surface area contributed by atoms with Crippen LogP contribution in [0.25, 0.3) is 71.7 Å². The van der Waals surface area contributed by atoms with Gasteiger partial charge in [0, 0.05) is 43.7 Å². The van der Waals surface area contributed by atoms with Crippen LogP contribution in [0.3, 0.4) is 0 Å². The summed E-state index contributed by atoms with van der Waals surface area (Å²) in [6, 6.07) is 42.4. The van der Waals surface area contributed by atoms with Crippen LogP contribution in [0, 0.1) is 0 Å². The highest BCUT2D eigenvalue weighted by Gasteiger charge is 2.36. The second-order valence-electron chi connectivity index (χ2n) is 12.4. The molecule has 2 N–H and O–H groups in total. The molecule has 1 aliphatic rings. The second kappa shape index (κ2) is 8.96. The molecule has 0 bridgehead atoms. The lowest BCUT2D eigenvalue weighted by Crippen LogP contribution is -2.29. The van der Waals surface area contributed by atoms with E-state index in [1.807, 2.05) is 24.3 Å². The molecule has 8 aromatic rings. The third-order valence-electron chi connectivity index (χ3n) is 9.63. The van der Waals surface area contributed by atoms with Gasteiger partial charge < -0.3 is 19.0 Å². The van der Waals surface area contributed by atoms with E-state index in [9.17, 15) is 10.0 Å². The Morgan fingerprint density at radius 1 is 0.568 bits per heavy atom. The van der Waals surface area contributed by atoms with Crippen molar-refractivity contribution >= 4 is 56.3 Å². The molecule has 2 heterocycles. The standard InChI is InChI=1S/C39H28BNO3/c1-39(2)32-16-7-6-12-26(32)29-22-36-31(21-33(29)39)30-20-23(18-19-35(30)41(36)24-10-4-3-5-11-24)25-13-8-14-27-28-15-9-17-34(40(42)43)38(28)44-37(25)27/h3-22,42-43H,1-2H3. The zero-order chi connectivity index (χ0) is 29.7. The van der Waals surface area contributed by atoms with E-state index in [1.165, 1.54) is 38.5 Å². The molecule has 0 unspecified atom stereocenters. The van der Waals surface area contributed by atoms with Gasteiger partial charge >= 0.3 is 7.12 Å². The smallest absolute Gasteiger partial charge is 0.456 e. The first-order chi connectivity index (χ1) is 21.4. The van der Waals surface area contributed by atoms with Crippen LogP contribution >= 0.6 is 0 Å². The van der Waals surface area contributed by atoms with Gasteiger partial charge in [0.05, 0.1) is 11.0 Å². The van der Waals surface area contributed by atoms with Crippen LogP contribution in [0.2, 0.25) is 0 Å². The van der Waals surface area contributed by atoms with Gasteiger partial charge in [-0.05, 0) is 64.2 Å². The largest absolute Gasteiger partial charge is 0.492 e. The van der Waals surface area contributed by atoms with E-state index in [4.69, 9.17) is 4.42 Å². The van der Waals surface area contributed by atoms with Crippen molar-refractivity contribution in [1.82, 2.24) is 4.57 Å². The second-order valence-corrected chi connectivity index (χ2v) is 12.4. The predicted octanol–water partition coefficient (Wildman–Crippen LogP) is 8.34. The van der Waals surface area contributed by atoms with Gasteiger partial charge in [0.2, 0.25) is 0 Å². The number of rotatable bonds is 3. The first kappa shape index (κ1) is 25.4. The van der Waals surface area contributed by atoms with Crippen molar-refractivity contribution in [3.8, 4) is 27.9 Å². The first-order valence-electron chi connectivity index (χ1n) is 15.0. The maximum atomic E-state index is 10.0. The molecule has 6 aromatic carbocycles. The molecule has 0 fully saturated rings. The van der Waals surface area contributed by atoms with Crippen LogP contribution in [0.5, 0.6) is 0 Å². The fraction of sp³-hybridized carbons (Fsp3) is 0.0769. The van der Waals surface area contributed by atoms with Crippen molar-refractivity contribution in [1.29, 1.82) is 0 Å². The highest BCUT2D eigenvalue weighted by Crippen LogP contribution is 2.51. The fourth-order valence-corrected chi connectivity index (χ4v) is 7.51. The van der Waals surface area contributed by atoms with Gasteiger partial charge in [-0.3, -0.25) is 0 Å². The SMILES string of the molecule is CC1(C)c2ccccc2-c2cc3c(cc21)c1cc(-c2cccc4c2oc2c(B(O)O)cccc24)ccc1n3-c1ccccc1. The molecule has 0 saturated carbocycles. The Hall–Kier alpha value is -5.10. The molecule has 5 heteroatoms. The average Bonchev–Trinajstić information content (AvgIpc) is 3.66. The van der Waals surface area contributed by atoms with Gasteiger partial charge in [-0.25, -0.2) is 0 Å². The van der Waals surface area contributed by atoms with Crippen molar-refractivity contribution in [3.05, 3.63) is 132 Å². The molecule has 0 spiro atoms. The molecular weight excluding hydrogens is 541 g/mol. The molecule has 4 nitrogen and oxygen atoms in total. The molecule has 0 amide bonds. The van der Waals surface area contributed by atoms with Crippen LogP contribution in [-0.2, 0) is 5.41 Å². The summed E-state index contributed by atoms with van der Waals surface area (Å²) in [6.45, 7) is 4.65. The van der Waals surface area contributed by atoms with Gasteiger partial charge in [0.25, 0.3) is 0 Å². The topological polar surface area (TPSA) is 58.5 Å². The first-order valence-corrected chi connectivity index (χ1v) is 15.0. The van der Waals surface area contributed by atoms with Crippen molar-refractivity contribution in [3.63, 3.8) is 0 Å². The van der Waals surface area contributed by atoms with Crippen molar-refractivity contribution in [2.24, 2.45) is 0 Å². The molecule has 2 aromatic heterocycles. The molecule has 44 heavy (non-hydrogen) atoms. The molecule has 1 aliphatic carbocycles. The zero-order valence-electron chi connectivity index (χ0n) is 24.4. The number of benzene rings is 6. The molecule has 0 radical (unpaired) electrons. The lowest BCUT2D eigenvalue weighted by molar-refractivity contribution is 0.425. The minimum Gasteiger partial charge on any atom is -0.456 e. The van der Waals surface area contributed by atoms with E-state index in [1.54, 1.807) is 6.07 Å². The van der Waals surface area contributed by atoms with Gasteiger partial charge in [0.1, 0.15) is 11.2 Å². The summed E-state index contributed by atoms with van der Waals surface area (Å²) in [5.41, 5.74) is 12.3. The monoisotopic (exact) mass is 569 g/mol. The van der Waals surface area contributed by atoms with Gasteiger partial charge in [-0.15, -0.1) is 0 Å². The summed E-state index contributed by atoms with van der Waals surface area (Å²) in [4.78, 5) is 0. The number of hydrogen-bond acceptors (Lipinski definition) is 3. The minimum atomic E-state index is -1.61. The fourth-order valence-electron chi connectivity index (χ4n) is 7.51. The van der Waals surface area contributed by atoms with E-state index >= 15 is 0 Å². The third kappa shape index (κ3) is 3.37. The van der Waals surface area contributed by atoms with Gasteiger partial charge in [-0.1, -0.05) is 98.8 Å². The van der Waals surface area contributed by atoms with Crippen LogP contribution < -0.4 is 5.46 Å². The van der Waals surface area contributed by atoms with E-state index in [0.29, 0.717) is 11.0 Å². The molecule has 210 valence electrons. The molecular formula is C39H28BNO3. The summed E-state index contributed by atoms with van der Waals surface area (Å²) < 4.78 is 8.78. The lowest BCUT2D eigenvalue weighted by atomic mass is 9.79. The predicted molar refractivity (Wildman–Crippen MR) is 181 cm³/mol. The Balaban J connectivity index is 1.35. The molecule has 9 rings (SSSR count). The third-order valence-corrected chi connectivity index (χ3v) is 9.63. The quantitative estimate of drug-likeness (QED) is 0.210. The molecule has 0 saturated heterocycles. The highest BCUT2D eigenvalue weighted by molar-refractivity contribution is 6.61. The number of aromatic nitrogens is 1. The van der Waals surface area contributed by atoms with Crippen LogP contribution in [0.4, 0.5) is 0 Å². The Bertz CT molecular complexity index is 2450. The van der Waals surface area contributed by atoms with Crippen LogP contribution in [0.1, 0.15) is 25.0 Å².